The molecule has 2 heterocycles. The molecule has 0 spiro atoms. The van der Waals surface area contributed by atoms with E-state index in [1.807, 2.05) is 41.0 Å². The average molecular weight is 509 g/mol. The van der Waals surface area contributed by atoms with E-state index in [-0.39, 0.29) is 30.3 Å². The molecule has 0 unspecified atom stereocenters. The summed E-state index contributed by atoms with van der Waals surface area (Å²) in [5.41, 5.74) is 4.36. The number of carbonyl (C=O) groups is 3. The molecule has 7 nitrogen and oxygen atoms in total. The fraction of sp³-hybridized carbons (Fsp3) is 0.464. The zero-order valence-corrected chi connectivity index (χ0v) is 22.0. The lowest BCUT2D eigenvalue weighted by atomic mass is 10.0. The predicted molar refractivity (Wildman–Crippen MR) is 144 cm³/mol. The number of anilines is 1. The Morgan fingerprint density at radius 3 is 2.83 bits per heavy atom. The maximum atomic E-state index is 13.0. The highest BCUT2D eigenvalue weighted by molar-refractivity contribution is 7.98. The zero-order chi connectivity index (χ0) is 25.5. The Balaban J connectivity index is 1.30. The van der Waals surface area contributed by atoms with Crippen molar-refractivity contribution in [2.24, 2.45) is 0 Å². The second-order valence-electron chi connectivity index (χ2n) is 9.34. The minimum Gasteiger partial charge on any atom is -0.384 e. The van der Waals surface area contributed by atoms with E-state index in [1.54, 1.807) is 11.8 Å². The highest BCUT2D eigenvalue weighted by Crippen LogP contribution is 2.36. The van der Waals surface area contributed by atoms with Gasteiger partial charge in [-0.05, 0) is 61.3 Å². The Labute approximate surface area is 218 Å². The Hall–Kier alpha value is -3.00. The smallest absolute Gasteiger partial charge is 0.242 e. The summed E-state index contributed by atoms with van der Waals surface area (Å²) in [6.07, 6.45) is 5.37. The van der Waals surface area contributed by atoms with Gasteiger partial charge >= 0.3 is 0 Å². The van der Waals surface area contributed by atoms with Gasteiger partial charge in [-0.2, -0.15) is 0 Å². The molecule has 1 atom stereocenters. The van der Waals surface area contributed by atoms with Crippen LogP contribution in [0.5, 0.6) is 0 Å². The number of aryl methyl sites for hydroxylation is 1. The van der Waals surface area contributed by atoms with Crippen molar-refractivity contribution in [3.8, 4) is 0 Å². The maximum absolute atomic E-state index is 13.0. The van der Waals surface area contributed by atoms with Crippen molar-refractivity contribution < 1.29 is 14.4 Å². The van der Waals surface area contributed by atoms with E-state index in [2.05, 4.69) is 35.1 Å². The van der Waals surface area contributed by atoms with Gasteiger partial charge in [0, 0.05) is 49.6 Å². The molecule has 2 aliphatic rings. The quantitative estimate of drug-likeness (QED) is 0.527. The molecule has 2 aromatic rings. The van der Waals surface area contributed by atoms with Crippen molar-refractivity contribution in [3.05, 3.63) is 59.2 Å². The summed E-state index contributed by atoms with van der Waals surface area (Å²) in [4.78, 5) is 42.8. The minimum atomic E-state index is -0.126. The summed E-state index contributed by atoms with van der Waals surface area (Å²) in [5.74, 6) is -0.000585. The number of amides is 3. The summed E-state index contributed by atoms with van der Waals surface area (Å²) in [5, 5.41) is 6.18. The Bertz CT molecular complexity index is 1110. The van der Waals surface area contributed by atoms with Crippen LogP contribution in [0.1, 0.15) is 55.3 Å². The van der Waals surface area contributed by atoms with Gasteiger partial charge < -0.3 is 20.4 Å². The van der Waals surface area contributed by atoms with Crippen LogP contribution in [-0.4, -0.2) is 60.0 Å². The fourth-order valence-electron chi connectivity index (χ4n) is 5.10. The van der Waals surface area contributed by atoms with Crippen LogP contribution in [0.15, 0.2) is 47.4 Å². The van der Waals surface area contributed by atoms with Crippen LogP contribution in [0.25, 0.3) is 0 Å². The van der Waals surface area contributed by atoms with E-state index in [9.17, 15) is 14.4 Å². The van der Waals surface area contributed by atoms with Crippen LogP contribution in [0.2, 0.25) is 0 Å². The van der Waals surface area contributed by atoms with Crippen molar-refractivity contribution in [1.29, 1.82) is 0 Å². The number of likely N-dealkylation sites (tertiary alicyclic amines) is 1. The topological polar surface area (TPSA) is 81.8 Å². The fourth-order valence-corrected chi connectivity index (χ4v) is 5.76. The molecule has 192 valence electrons. The SMILES string of the molecule is CCN1Cc2cc(CCC(=O)NCC(=O)N3CCC[C@@H]3c3ccccc3SC)ccc2NCCC1=O. The molecule has 0 aliphatic carbocycles. The molecule has 2 aromatic carbocycles. The van der Waals surface area contributed by atoms with Crippen molar-refractivity contribution in [2.75, 3.05) is 37.8 Å². The Kier molecular flexibility index (Phi) is 8.91. The van der Waals surface area contributed by atoms with Gasteiger partial charge in [0.15, 0.2) is 0 Å². The first kappa shape index (κ1) is 26.1. The highest BCUT2D eigenvalue weighted by atomic mass is 32.2. The lowest BCUT2D eigenvalue weighted by molar-refractivity contribution is -0.133. The standard InChI is InChI=1S/C28H36N4O3S/c1-3-31-19-21-17-20(10-12-23(21)29-15-14-27(31)34)11-13-26(33)30-18-28(35)32-16-6-8-24(32)22-7-4-5-9-25(22)36-2/h4-5,7,9-10,12,17,24,29H,3,6,8,11,13-16,18-19H2,1-2H3,(H,30,33)/t24-/m1/s1. The van der Waals surface area contributed by atoms with E-state index in [4.69, 9.17) is 0 Å². The highest BCUT2D eigenvalue weighted by Gasteiger charge is 2.31. The summed E-state index contributed by atoms with van der Waals surface area (Å²) < 4.78 is 0. The molecule has 2 N–H and O–H groups in total. The van der Waals surface area contributed by atoms with Crippen LogP contribution >= 0.6 is 11.8 Å². The molecule has 36 heavy (non-hydrogen) atoms. The van der Waals surface area contributed by atoms with Crippen molar-refractivity contribution >= 4 is 35.2 Å². The molecule has 0 radical (unpaired) electrons. The summed E-state index contributed by atoms with van der Waals surface area (Å²) in [7, 11) is 0. The molecule has 0 saturated carbocycles. The van der Waals surface area contributed by atoms with Crippen LogP contribution in [0.3, 0.4) is 0 Å². The zero-order valence-electron chi connectivity index (χ0n) is 21.2. The number of nitrogens with one attached hydrogen (secondary N) is 2. The van der Waals surface area contributed by atoms with Crippen LogP contribution < -0.4 is 10.6 Å². The van der Waals surface area contributed by atoms with E-state index in [1.165, 1.54) is 10.5 Å². The van der Waals surface area contributed by atoms with Gasteiger partial charge in [-0.15, -0.1) is 11.8 Å². The van der Waals surface area contributed by atoms with Gasteiger partial charge in [0.05, 0.1) is 12.6 Å². The first-order valence-electron chi connectivity index (χ1n) is 12.8. The van der Waals surface area contributed by atoms with E-state index in [0.29, 0.717) is 38.9 Å². The average Bonchev–Trinajstić information content (AvgIpc) is 3.38. The third kappa shape index (κ3) is 6.22. The lowest BCUT2D eigenvalue weighted by Gasteiger charge is -2.26. The van der Waals surface area contributed by atoms with Crippen molar-refractivity contribution in [3.63, 3.8) is 0 Å². The summed E-state index contributed by atoms with van der Waals surface area (Å²) in [6, 6.07) is 14.5. The van der Waals surface area contributed by atoms with Gasteiger partial charge in [0.1, 0.15) is 0 Å². The van der Waals surface area contributed by atoms with Crippen molar-refractivity contribution in [2.45, 2.75) is 56.5 Å². The van der Waals surface area contributed by atoms with Crippen LogP contribution in [-0.2, 0) is 27.3 Å². The molecule has 0 bridgehead atoms. The largest absolute Gasteiger partial charge is 0.384 e. The number of thioether (sulfide) groups is 1. The number of hydrogen-bond acceptors (Lipinski definition) is 5. The van der Waals surface area contributed by atoms with Gasteiger partial charge in [-0.25, -0.2) is 0 Å². The van der Waals surface area contributed by atoms with Crippen molar-refractivity contribution in [1.82, 2.24) is 15.1 Å². The van der Waals surface area contributed by atoms with Gasteiger partial charge in [-0.1, -0.05) is 30.3 Å². The summed E-state index contributed by atoms with van der Waals surface area (Å²) in [6.45, 7) is 4.62. The molecule has 2 aliphatic heterocycles. The van der Waals surface area contributed by atoms with E-state index >= 15 is 0 Å². The molecule has 1 saturated heterocycles. The van der Waals surface area contributed by atoms with Gasteiger partial charge in [-0.3, -0.25) is 14.4 Å². The first-order chi connectivity index (χ1) is 17.5. The second-order valence-corrected chi connectivity index (χ2v) is 10.2. The third-order valence-electron chi connectivity index (χ3n) is 7.07. The van der Waals surface area contributed by atoms with Gasteiger partial charge in [0.25, 0.3) is 0 Å². The molecule has 8 heteroatoms. The summed E-state index contributed by atoms with van der Waals surface area (Å²) >= 11 is 1.70. The number of hydrogen-bond donors (Lipinski definition) is 2. The number of rotatable bonds is 8. The second kappa shape index (κ2) is 12.3. The minimum absolute atomic E-state index is 0.0262. The van der Waals surface area contributed by atoms with Crippen LogP contribution in [0, 0.1) is 0 Å². The number of fused-ring (bicyclic) bond motifs is 1. The molecular weight excluding hydrogens is 472 g/mol. The first-order valence-corrected chi connectivity index (χ1v) is 14.0. The van der Waals surface area contributed by atoms with E-state index in [0.717, 1.165) is 36.2 Å². The molecular formula is C28H36N4O3S. The van der Waals surface area contributed by atoms with Gasteiger partial charge in [0.2, 0.25) is 17.7 Å². The predicted octanol–water partition coefficient (Wildman–Crippen LogP) is 3.99. The number of benzene rings is 2. The maximum Gasteiger partial charge on any atom is 0.242 e. The molecule has 0 aromatic heterocycles. The molecule has 3 amide bonds. The van der Waals surface area contributed by atoms with E-state index < -0.39 is 0 Å². The normalized spacial score (nSPS) is 17.7. The molecule has 1 fully saturated rings. The number of carbonyl (C=O) groups excluding carboxylic acids is 3. The molecule has 4 rings (SSSR count). The Morgan fingerprint density at radius 1 is 1.19 bits per heavy atom. The van der Waals surface area contributed by atoms with Crippen LogP contribution in [0.4, 0.5) is 5.69 Å². The lowest BCUT2D eigenvalue weighted by Crippen LogP contribution is -2.40. The Morgan fingerprint density at radius 2 is 2.03 bits per heavy atom. The monoisotopic (exact) mass is 508 g/mol. The third-order valence-corrected chi connectivity index (χ3v) is 7.88. The number of nitrogens with zero attached hydrogens (tertiary/aromatic N) is 2.